The molecule has 6 aliphatic carbocycles. The maximum absolute atomic E-state index is 12.2. The van der Waals surface area contributed by atoms with Gasteiger partial charge in [-0.25, -0.2) is 28.8 Å². The van der Waals surface area contributed by atoms with Crippen molar-refractivity contribution in [3.05, 3.63) is 72.9 Å². The minimum atomic E-state index is -0.495. The Kier molecular flexibility index (Phi) is 30.8. The third-order valence-electron chi connectivity index (χ3n) is 34.0. The Hall–Kier alpha value is -5.63. The van der Waals surface area contributed by atoms with E-state index in [9.17, 15) is 43.8 Å². The molecule has 6 saturated carbocycles. The van der Waals surface area contributed by atoms with Crippen molar-refractivity contribution in [3.8, 4) is 0 Å². The van der Waals surface area contributed by atoms with Crippen LogP contribution in [0, 0.1) is 35.5 Å². The van der Waals surface area contributed by atoms with E-state index in [1.54, 1.807) is 48.7 Å². The molecule has 0 amide bonds. The fourth-order valence-corrected chi connectivity index (χ4v) is 27.5. The second-order valence-corrected chi connectivity index (χ2v) is 42.6. The molecule has 12 aliphatic heterocycles. The van der Waals surface area contributed by atoms with Gasteiger partial charge in [0.25, 0.3) is 0 Å². The monoisotopic (exact) mass is 1760 g/mol. The number of carbonyl (C=O) groups excluding carboxylic acids is 7. The van der Waals surface area contributed by atoms with Gasteiger partial charge in [-0.1, -0.05) is 66.2 Å². The van der Waals surface area contributed by atoms with Crippen LogP contribution in [-0.4, -0.2) is 189 Å². The van der Waals surface area contributed by atoms with Crippen LogP contribution in [0.1, 0.15) is 358 Å². The molecular weight excluding hydrogens is 1610 g/mol. The van der Waals surface area contributed by atoms with Gasteiger partial charge in [-0.15, -0.1) is 0 Å². The Morgan fingerprint density at radius 2 is 0.563 bits per heavy atom. The summed E-state index contributed by atoms with van der Waals surface area (Å²) >= 11 is 0. The molecule has 0 aromatic heterocycles. The highest BCUT2D eigenvalue weighted by Gasteiger charge is 2.68. The van der Waals surface area contributed by atoms with Crippen molar-refractivity contribution in [2.45, 2.75) is 462 Å². The molecule has 18 atom stereocenters. The molecule has 0 aromatic rings. The fraction of sp³-hybridized carbons (Fsp3) is 0.816. The molecule has 0 aromatic carbocycles. The number of aliphatic hydroxyl groups is 2. The molecule has 12 saturated heterocycles. The van der Waals surface area contributed by atoms with E-state index in [0.717, 1.165) is 270 Å². The van der Waals surface area contributed by atoms with Crippen LogP contribution in [-0.2, 0) is 99.9 Å². The van der Waals surface area contributed by atoms with Gasteiger partial charge in [-0.05, 0) is 324 Å². The van der Waals surface area contributed by atoms with Gasteiger partial charge in [0.15, 0.2) is 0 Å². The standard InChI is InChI=1S/C18H26O5.C18H28O4.C18H28O3.C17H26O3.2C16H24O4/c1-12(2)16(20)23-17(7-4-5-8-17)15-10-14-6-9-18(15,22-14)11-21-13(3)19;1-13(2)16(19)22-17(8-5-4-6-9-17)15-11-14-7-10-18(15,21-14)12-20-3;1-4-17-11-8-15(20-17)14(12-17)18(9-6-5-7-10-18)21-16(19)13(2)3;1-4-16-10-7-14(19-16)13(11-16)17(8-5-6-9-17)20-15(18)12(2)3;1-11(2)14(18)20-16(6-3-4-7-16)12-9-15(10-17)8-5-13(12)19-15;1-11(2)14(18)20-15(6-3-4-7-15)13-9-12-5-8-16(13,10-17)19-12/h14-15H,1,4-11H2,2-3H3;14-15H,1,4-12H2,2-3H3;14-15H,2,4-12H2,1,3H3;13-14H,2,4-11H2,1,3H3;2*12-13,17H,1,3-10H2,2H3. The van der Waals surface area contributed by atoms with Crippen LogP contribution >= 0.6 is 0 Å². The first-order valence-electron chi connectivity index (χ1n) is 49.1. The second-order valence-electron chi connectivity index (χ2n) is 42.6. The van der Waals surface area contributed by atoms with Gasteiger partial charge < -0.3 is 76.5 Å². The van der Waals surface area contributed by atoms with E-state index < -0.39 is 28.0 Å². The molecule has 18 rings (SSSR count). The SMILES string of the molecule is C=C(C)C(=O)OC1(C2CC3(CC)CCC2O3)CCCC1.C=C(C)C(=O)OC1(C2CC3(CC)CCC2O3)CCCCC1.C=C(C)C(=O)OC1(C2CC3(CO)CCC2O3)CCCC1.C=C(C)C(=O)OC1(C2CC3CCC2(CO)O3)CCCC1.C=C(C)C(=O)OC1(C2CC3CCC2(COC(C)=O)O3)CCCC1.C=C(C)C(=O)OC1(C2CC3CCC2(COC)O3)CCCCC1. The zero-order valence-electron chi connectivity index (χ0n) is 78.5. The van der Waals surface area contributed by atoms with E-state index in [0.29, 0.717) is 70.2 Å². The Morgan fingerprint density at radius 1 is 0.310 bits per heavy atom. The molecule has 2 N–H and O–H groups in total. The van der Waals surface area contributed by atoms with E-state index in [-0.39, 0.29) is 143 Å². The van der Waals surface area contributed by atoms with Crippen molar-refractivity contribution in [1.29, 1.82) is 0 Å². The number of methoxy groups -OCH3 is 1. The van der Waals surface area contributed by atoms with Gasteiger partial charge in [0.2, 0.25) is 0 Å². The highest BCUT2D eigenvalue weighted by atomic mass is 16.6. The first-order valence-corrected chi connectivity index (χ1v) is 49.1. The summed E-state index contributed by atoms with van der Waals surface area (Å²) in [5.74, 6) is -0.413. The smallest absolute Gasteiger partial charge is 0.333 e. The van der Waals surface area contributed by atoms with Crippen molar-refractivity contribution >= 4 is 41.8 Å². The average molecular weight is 1760 g/mol. The van der Waals surface area contributed by atoms with Crippen LogP contribution in [0.5, 0.6) is 0 Å². The Morgan fingerprint density at radius 3 is 0.817 bits per heavy atom. The molecule has 23 nitrogen and oxygen atoms in total. The first-order chi connectivity index (χ1) is 59.9. The zero-order valence-corrected chi connectivity index (χ0v) is 78.5. The summed E-state index contributed by atoms with van der Waals surface area (Å²) in [5, 5.41) is 19.5. The van der Waals surface area contributed by atoms with E-state index in [2.05, 4.69) is 53.3 Å². The third-order valence-corrected chi connectivity index (χ3v) is 34.0. The summed E-state index contributed by atoms with van der Waals surface area (Å²) in [5.41, 5.74) is -0.948. The van der Waals surface area contributed by atoms with Crippen molar-refractivity contribution in [1.82, 2.24) is 0 Å². The highest BCUT2D eigenvalue weighted by molar-refractivity contribution is 5.89. The van der Waals surface area contributed by atoms with Crippen LogP contribution < -0.4 is 0 Å². The molecule has 12 heterocycles. The molecule has 0 radical (unpaired) electrons. The number of carbonyl (C=O) groups is 7. The van der Waals surface area contributed by atoms with E-state index in [1.165, 1.54) is 32.6 Å². The van der Waals surface area contributed by atoms with Crippen molar-refractivity contribution < 1.29 is 110 Å². The summed E-state index contributed by atoms with van der Waals surface area (Å²) in [6.45, 7) is 39.4. The Labute approximate surface area is 751 Å². The lowest BCUT2D eigenvalue weighted by atomic mass is 9.64. The molecule has 18 aliphatic rings. The number of rotatable bonds is 26. The van der Waals surface area contributed by atoms with Crippen LogP contribution in [0.4, 0.5) is 0 Å². The number of fused-ring (bicyclic) bond motifs is 12. The van der Waals surface area contributed by atoms with E-state index in [1.807, 2.05) is 0 Å². The van der Waals surface area contributed by atoms with Gasteiger partial charge >= 0.3 is 41.8 Å². The number of aliphatic hydroxyl groups excluding tert-OH is 2. The normalized spacial score (nSPS) is 37.0. The van der Waals surface area contributed by atoms with Gasteiger partial charge in [-0.2, -0.15) is 0 Å². The van der Waals surface area contributed by atoms with Gasteiger partial charge in [0, 0.05) is 83.0 Å². The van der Waals surface area contributed by atoms with Crippen LogP contribution in [0.3, 0.4) is 0 Å². The average Bonchev–Trinajstić information content (AvgIpc) is 1.59. The van der Waals surface area contributed by atoms with Crippen LogP contribution in [0.25, 0.3) is 0 Å². The van der Waals surface area contributed by atoms with Gasteiger partial charge in [-0.3, -0.25) is 4.79 Å². The minimum Gasteiger partial charge on any atom is -0.463 e. The minimum absolute atomic E-state index is 0.0283. The van der Waals surface area contributed by atoms with Crippen LogP contribution in [0.15, 0.2) is 72.9 Å². The zero-order chi connectivity index (χ0) is 90.7. The van der Waals surface area contributed by atoms with Crippen molar-refractivity contribution in [2.75, 3.05) is 33.5 Å². The van der Waals surface area contributed by atoms with E-state index >= 15 is 0 Å². The summed E-state index contributed by atoms with van der Waals surface area (Å²) < 4.78 is 83.8. The second kappa shape index (κ2) is 39.7. The van der Waals surface area contributed by atoms with Gasteiger partial charge in [0.05, 0.1) is 84.4 Å². The lowest BCUT2D eigenvalue weighted by molar-refractivity contribution is -0.182. The largest absolute Gasteiger partial charge is 0.463 e. The highest BCUT2D eigenvalue weighted by Crippen LogP contribution is 2.64. The lowest BCUT2D eigenvalue weighted by Gasteiger charge is -2.47. The molecule has 18 fully saturated rings. The quantitative estimate of drug-likeness (QED) is 0.0462. The summed E-state index contributed by atoms with van der Waals surface area (Å²) in [6.07, 6.45) is 48.7. The molecule has 23 heteroatoms. The molecule has 126 heavy (non-hydrogen) atoms. The predicted molar refractivity (Wildman–Crippen MR) is 475 cm³/mol. The summed E-state index contributed by atoms with van der Waals surface area (Å²) in [6, 6.07) is 0. The van der Waals surface area contributed by atoms with Crippen molar-refractivity contribution in [3.63, 3.8) is 0 Å². The summed E-state index contributed by atoms with van der Waals surface area (Å²) in [4.78, 5) is 84.0. The fourth-order valence-electron chi connectivity index (χ4n) is 27.5. The molecule has 18 unspecified atom stereocenters. The third kappa shape index (κ3) is 20.0. The topological polar surface area (TPSA) is 289 Å². The van der Waals surface area contributed by atoms with Crippen LogP contribution in [0.2, 0.25) is 0 Å². The maximum Gasteiger partial charge on any atom is 0.333 e. The molecule has 12 bridgehead atoms. The Bertz CT molecular complexity index is 3890. The van der Waals surface area contributed by atoms with E-state index in [4.69, 9.17) is 66.3 Å². The summed E-state index contributed by atoms with van der Waals surface area (Å²) in [7, 11) is 1.73. The molecule has 706 valence electrons. The Balaban J connectivity index is 0.000000130. The number of ether oxygens (including phenoxy) is 14. The lowest BCUT2D eigenvalue weighted by Crippen LogP contribution is -2.55. The predicted octanol–water partition coefficient (Wildman–Crippen LogP) is 18.9. The number of hydrogen-bond donors (Lipinski definition) is 2. The maximum atomic E-state index is 12.2. The van der Waals surface area contributed by atoms with Crippen molar-refractivity contribution in [2.24, 2.45) is 35.5 Å². The number of hydrogen-bond acceptors (Lipinski definition) is 23. The number of esters is 7. The first kappa shape index (κ1) is 97.9. The molecular formula is C103H156O23. The molecule has 0 spiro atoms. The van der Waals surface area contributed by atoms with Gasteiger partial charge in [0.1, 0.15) is 45.8 Å².